The van der Waals surface area contributed by atoms with E-state index in [4.69, 9.17) is 19.9 Å². The van der Waals surface area contributed by atoms with Crippen LogP contribution in [0.1, 0.15) is 22.8 Å². The molecule has 1 heterocycles. The highest BCUT2D eigenvalue weighted by Crippen LogP contribution is 2.34. The number of fused-ring (bicyclic) bond motifs is 1. The van der Waals surface area contributed by atoms with Crippen molar-refractivity contribution >= 4 is 22.6 Å². The lowest BCUT2D eigenvalue weighted by Gasteiger charge is -2.19. The van der Waals surface area contributed by atoms with E-state index in [-0.39, 0.29) is 0 Å². The fraction of sp³-hybridized carbons (Fsp3) is 0.333. The van der Waals surface area contributed by atoms with Crippen molar-refractivity contribution in [3.63, 3.8) is 0 Å². The van der Waals surface area contributed by atoms with E-state index < -0.39 is 23.6 Å². The summed E-state index contributed by atoms with van der Waals surface area (Å²) < 4.78 is 15.9. The standard InChI is InChI=1S/C18H19NO5/c1-10-5-4-6-12-13(10)7-11(22-3)8-14(12)17(21)24-15(16(19)20)18(2)9-23-18/h4-8,15H,9H2,1-3H3,(H2,19,20)/t15-,18+/m0/s1. The van der Waals surface area contributed by atoms with Gasteiger partial charge in [0, 0.05) is 0 Å². The molecule has 0 aromatic heterocycles. The lowest BCUT2D eigenvalue weighted by atomic mass is 10.00. The Morgan fingerprint density at radius 2 is 2.00 bits per heavy atom. The van der Waals surface area contributed by atoms with Gasteiger partial charge in [-0.05, 0) is 42.3 Å². The molecular formula is C18H19NO5. The molecule has 1 fully saturated rings. The zero-order chi connectivity index (χ0) is 17.5. The van der Waals surface area contributed by atoms with Crippen molar-refractivity contribution in [2.24, 2.45) is 5.73 Å². The summed E-state index contributed by atoms with van der Waals surface area (Å²) >= 11 is 0. The highest BCUT2D eigenvalue weighted by atomic mass is 16.6. The number of hydrogen-bond acceptors (Lipinski definition) is 5. The number of epoxide rings is 1. The third-order valence-electron chi connectivity index (χ3n) is 4.28. The largest absolute Gasteiger partial charge is 0.497 e. The van der Waals surface area contributed by atoms with Crippen molar-refractivity contribution in [1.29, 1.82) is 0 Å². The molecule has 0 bridgehead atoms. The van der Waals surface area contributed by atoms with Crippen LogP contribution in [0.5, 0.6) is 5.75 Å². The molecule has 0 radical (unpaired) electrons. The Morgan fingerprint density at radius 3 is 2.58 bits per heavy atom. The van der Waals surface area contributed by atoms with Gasteiger partial charge in [0.1, 0.15) is 11.4 Å². The molecule has 24 heavy (non-hydrogen) atoms. The number of carbonyl (C=O) groups excluding carboxylic acids is 2. The molecule has 0 saturated carbocycles. The van der Waals surface area contributed by atoms with Gasteiger partial charge in [0.2, 0.25) is 6.10 Å². The maximum absolute atomic E-state index is 12.7. The first kappa shape index (κ1) is 16.3. The van der Waals surface area contributed by atoms with Gasteiger partial charge in [-0.3, -0.25) is 4.79 Å². The van der Waals surface area contributed by atoms with E-state index in [0.29, 0.717) is 17.9 Å². The third kappa shape index (κ3) is 2.80. The summed E-state index contributed by atoms with van der Waals surface area (Å²) in [7, 11) is 1.53. The van der Waals surface area contributed by atoms with Crippen LogP contribution in [0, 0.1) is 6.92 Å². The minimum atomic E-state index is -1.13. The average molecular weight is 329 g/mol. The fourth-order valence-electron chi connectivity index (χ4n) is 2.72. The quantitative estimate of drug-likeness (QED) is 0.669. The highest BCUT2D eigenvalue weighted by Gasteiger charge is 2.52. The topological polar surface area (TPSA) is 91.2 Å². The van der Waals surface area contributed by atoms with E-state index in [2.05, 4.69) is 0 Å². The number of nitrogens with two attached hydrogens (primary N) is 1. The van der Waals surface area contributed by atoms with Gasteiger partial charge in [0.15, 0.2) is 0 Å². The fourth-order valence-corrected chi connectivity index (χ4v) is 2.72. The molecule has 126 valence electrons. The second-order valence-corrected chi connectivity index (χ2v) is 6.13. The van der Waals surface area contributed by atoms with Gasteiger partial charge in [-0.2, -0.15) is 0 Å². The molecule has 3 rings (SSSR count). The van der Waals surface area contributed by atoms with Gasteiger partial charge in [-0.15, -0.1) is 0 Å². The van der Waals surface area contributed by atoms with Crippen molar-refractivity contribution in [2.45, 2.75) is 25.6 Å². The van der Waals surface area contributed by atoms with Crippen LogP contribution in [0.15, 0.2) is 30.3 Å². The van der Waals surface area contributed by atoms with Gasteiger partial charge in [-0.25, -0.2) is 4.79 Å². The predicted molar refractivity (Wildman–Crippen MR) is 88.0 cm³/mol. The Balaban J connectivity index is 2.03. The maximum Gasteiger partial charge on any atom is 0.339 e. The van der Waals surface area contributed by atoms with E-state index >= 15 is 0 Å². The summed E-state index contributed by atoms with van der Waals surface area (Å²) in [6.45, 7) is 3.96. The monoisotopic (exact) mass is 329 g/mol. The van der Waals surface area contributed by atoms with Gasteiger partial charge < -0.3 is 19.9 Å². The van der Waals surface area contributed by atoms with Gasteiger partial charge in [0.05, 0.1) is 19.3 Å². The summed E-state index contributed by atoms with van der Waals surface area (Å²) in [6, 6.07) is 9.09. The Bertz CT molecular complexity index is 826. The van der Waals surface area contributed by atoms with Crippen LogP contribution in [-0.4, -0.2) is 37.3 Å². The second-order valence-electron chi connectivity index (χ2n) is 6.13. The Morgan fingerprint density at radius 1 is 1.29 bits per heavy atom. The first-order valence-electron chi connectivity index (χ1n) is 7.57. The van der Waals surface area contributed by atoms with Crippen LogP contribution in [0.3, 0.4) is 0 Å². The van der Waals surface area contributed by atoms with E-state index in [0.717, 1.165) is 16.3 Å². The maximum atomic E-state index is 12.7. The molecule has 2 atom stereocenters. The van der Waals surface area contributed by atoms with Crippen LogP contribution in [0.25, 0.3) is 10.8 Å². The van der Waals surface area contributed by atoms with Crippen LogP contribution in [0.4, 0.5) is 0 Å². The van der Waals surface area contributed by atoms with Crippen LogP contribution < -0.4 is 10.5 Å². The van der Waals surface area contributed by atoms with E-state index in [9.17, 15) is 9.59 Å². The number of ether oxygens (including phenoxy) is 3. The van der Waals surface area contributed by atoms with Crippen molar-refractivity contribution in [2.75, 3.05) is 13.7 Å². The van der Waals surface area contributed by atoms with Crippen LogP contribution >= 0.6 is 0 Å². The van der Waals surface area contributed by atoms with Crippen molar-refractivity contribution < 1.29 is 23.8 Å². The minimum absolute atomic E-state index is 0.323. The molecule has 2 aromatic carbocycles. The van der Waals surface area contributed by atoms with E-state index in [1.165, 1.54) is 7.11 Å². The normalized spacial score (nSPS) is 20.5. The molecule has 1 aliphatic rings. The zero-order valence-electron chi connectivity index (χ0n) is 13.8. The van der Waals surface area contributed by atoms with Crippen LogP contribution in [-0.2, 0) is 14.3 Å². The Hall–Kier alpha value is -2.60. The molecule has 1 amide bonds. The lowest BCUT2D eigenvalue weighted by Crippen LogP contribution is -2.43. The summed E-state index contributed by atoms with van der Waals surface area (Å²) in [5.41, 5.74) is 5.85. The number of primary amides is 1. The van der Waals surface area contributed by atoms with E-state index in [1.807, 2.05) is 31.2 Å². The lowest BCUT2D eigenvalue weighted by molar-refractivity contribution is -0.129. The highest BCUT2D eigenvalue weighted by molar-refractivity contribution is 6.06. The number of benzene rings is 2. The number of esters is 1. The molecule has 1 saturated heterocycles. The number of amides is 1. The molecule has 6 heteroatoms. The number of aryl methyl sites for hydroxylation is 1. The molecule has 0 spiro atoms. The summed E-state index contributed by atoms with van der Waals surface area (Å²) in [6.07, 6.45) is -1.13. The first-order chi connectivity index (χ1) is 11.4. The molecule has 0 aliphatic carbocycles. The number of carbonyl (C=O) groups is 2. The average Bonchev–Trinajstić information content (AvgIpc) is 3.30. The van der Waals surface area contributed by atoms with Crippen molar-refractivity contribution in [1.82, 2.24) is 0 Å². The number of hydrogen-bond donors (Lipinski definition) is 1. The van der Waals surface area contributed by atoms with Crippen molar-refractivity contribution in [3.05, 3.63) is 41.5 Å². The molecule has 0 unspecified atom stereocenters. The van der Waals surface area contributed by atoms with Crippen LogP contribution in [0.2, 0.25) is 0 Å². The second kappa shape index (κ2) is 5.79. The van der Waals surface area contributed by atoms with Crippen molar-refractivity contribution in [3.8, 4) is 5.75 Å². The summed E-state index contributed by atoms with van der Waals surface area (Å²) in [5.74, 6) is -0.829. The predicted octanol–water partition coefficient (Wildman–Crippen LogP) is 1.96. The number of methoxy groups -OCH3 is 1. The summed E-state index contributed by atoms with van der Waals surface area (Å²) in [4.78, 5) is 24.3. The van der Waals surface area contributed by atoms with Gasteiger partial charge in [-0.1, -0.05) is 18.2 Å². The minimum Gasteiger partial charge on any atom is -0.497 e. The molecule has 2 N–H and O–H groups in total. The Kier molecular flexibility index (Phi) is 3.93. The first-order valence-corrected chi connectivity index (χ1v) is 7.57. The van der Waals surface area contributed by atoms with Gasteiger partial charge >= 0.3 is 5.97 Å². The molecule has 6 nitrogen and oxygen atoms in total. The molecular weight excluding hydrogens is 310 g/mol. The van der Waals surface area contributed by atoms with E-state index in [1.54, 1.807) is 13.0 Å². The SMILES string of the molecule is COc1cc(C(=O)O[C@@H](C(N)=O)[C@@]2(C)CO2)c2cccc(C)c2c1. The third-order valence-corrected chi connectivity index (χ3v) is 4.28. The van der Waals surface area contributed by atoms with Gasteiger partial charge in [0.25, 0.3) is 5.91 Å². The smallest absolute Gasteiger partial charge is 0.339 e. The molecule has 1 aliphatic heterocycles. The zero-order valence-corrected chi connectivity index (χ0v) is 13.8. The Labute approximate surface area is 139 Å². The number of rotatable bonds is 5. The summed E-state index contributed by atoms with van der Waals surface area (Å²) in [5, 5.41) is 1.61. The molecule has 2 aromatic rings.